The molecule has 1 heterocycles. The summed E-state index contributed by atoms with van der Waals surface area (Å²) in [6.07, 6.45) is 0. The van der Waals surface area contributed by atoms with Crippen LogP contribution in [0.1, 0.15) is 22.3 Å². The Morgan fingerprint density at radius 1 is 0.408 bits per heavy atom. The van der Waals surface area contributed by atoms with Gasteiger partial charge in [-0.3, -0.25) is 0 Å². The van der Waals surface area contributed by atoms with E-state index < -0.39 is 0 Å². The van der Waals surface area contributed by atoms with Gasteiger partial charge in [0.05, 0.1) is 15.8 Å². The molecule has 0 saturated carbocycles. The van der Waals surface area contributed by atoms with Crippen molar-refractivity contribution in [3.63, 3.8) is 0 Å². The molecule has 11 rings (SSSR count). The predicted octanol–water partition coefficient (Wildman–Crippen LogP) is 13.0. The highest BCUT2D eigenvalue weighted by Gasteiger charge is 2.51. The minimum atomic E-state index is -0.363. The van der Waals surface area contributed by atoms with E-state index in [1.165, 1.54) is 86.6 Å². The number of rotatable bonds is 3. The number of nitrogens with one attached hydrogen (secondary N) is 1. The molecule has 1 nitrogen and oxygen atoms in total. The largest absolute Gasteiger partial charge is 0.354 e. The maximum Gasteiger partial charge on any atom is 0.0726 e. The van der Waals surface area contributed by atoms with E-state index in [4.69, 9.17) is 0 Å². The summed E-state index contributed by atoms with van der Waals surface area (Å²) in [6.45, 7) is 0. The molecular weight excluding hydrogens is 611 g/mol. The van der Waals surface area contributed by atoms with E-state index in [1.807, 2.05) is 11.3 Å². The first-order chi connectivity index (χ1) is 24.3. The third-order valence-electron chi connectivity index (χ3n) is 10.9. The molecule has 2 heteroatoms. The number of benzene rings is 8. The average Bonchev–Trinajstić information content (AvgIpc) is 3.80. The molecule has 0 unspecified atom stereocenters. The smallest absolute Gasteiger partial charge is 0.0726 e. The van der Waals surface area contributed by atoms with Crippen LogP contribution in [0.3, 0.4) is 0 Å². The van der Waals surface area contributed by atoms with Crippen molar-refractivity contribution in [3.8, 4) is 33.4 Å². The van der Waals surface area contributed by atoms with E-state index >= 15 is 0 Å². The lowest BCUT2D eigenvalue weighted by molar-refractivity contribution is 0.794. The van der Waals surface area contributed by atoms with Crippen molar-refractivity contribution in [2.45, 2.75) is 5.41 Å². The Labute approximate surface area is 288 Å². The van der Waals surface area contributed by atoms with Gasteiger partial charge in [-0.15, -0.1) is 11.3 Å². The summed E-state index contributed by atoms with van der Waals surface area (Å²) in [5.74, 6) is 0. The molecule has 0 bridgehead atoms. The zero-order valence-corrected chi connectivity index (χ0v) is 27.4. The van der Waals surface area contributed by atoms with E-state index in [2.05, 4.69) is 175 Å². The minimum absolute atomic E-state index is 0.363. The summed E-state index contributed by atoms with van der Waals surface area (Å²) in [7, 11) is 0. The maximum absolute atomic E-state index is 3.98. The number of hydrogen-bond donors (Lipinski definition) is 1. The van der Waals surface area contributed by atoms with Crippen LogP contribution in [0.2, 0.25) is 0 Å². The zero-order valence-electron chi connectivity index (χ0n) is 26.6. The lowest BCUT2D eigenvalue weighted by Gasteiger charge is -2.30. The van der Waals surface area contributed by atoms with Gasteiger partial charge in [0.2, 0.25) is 0 Å². The van der Waals surface area contributed by atoms with Crippen molar-refractivity contribution in [3.05, 3.63) is 192 Å². The number of anilines is 2. The van der Waals surface area contributed by atoms with E-state index in [0.29, 0.717) is 0 Å². The van der Waals surface area contributed by atoms with Crippen LogP contribution in [0.4, 0.5) is 11.4 Å². The van der Waals surface area contributed by atoms with Crippen LogP contribution < -0.4 is 5.32 Å². The van der Waals surface area contributed by atoms with Crippen molar-refractivity contribution < 1.29 is 0 Å². The zero-order chi connectivity index (χ0) is 32.1. The first-order valence-corrected chi connectivity index (χ1v) is 17.8. The predicted molar refractivity (Wildman–Crippen MR) is 208 cm³/mol. The molecule has 1 spiro atoms. The second kappa shape index (κ2) is 10.0. The van der Waals surface area contributed by atoms with Crippen LogP contribution in [0.25, 0.3) is 64.3 Å². The second-order valence-corrected chi connectivity index (χ2v) is 14.3. The quantitative estimate of drug-likeness (QED) is 0.203. The summed E-state index contributed by atoms with van der Waals surface area (Å²) >= 11 is 1.90. The molecule has 9 aromatic rings. The Kier molecular flexibility index (Phi) is 5.53. The van der Waals surface area contributed by atoms with E-state index in [9.17, 15) is 0 Å². The fourth-order valence-electron chi connectivity index (χ4n) is 8.91. The fraction of sp³-hybridized carbons (Fsp3) is 0.0213. The van der Waals surface area contributed by atoms with Crippen molar-refractivity contribution in [1.82, 2.24) is 0 Å². The molecule has 0 fully saturated rings. The highest BCUT2D eigenvalue weighted by molar-refractivity contribution is 7.27. The molecule has 1 N–H and O–H groups in total. The van der Waals surface area contributed by atoms with Gasteiger partial charge in [-0.05, 0) is 84.6 Å². The van der Waals surface area contributed by atoms with Crippen molar-refractivity contribution >= 4 is 53.7 Å². The summed E-state index contributed by atoms with van der Waals surface area (Å²) in [6, 6.07) is 62.8. The Morgan fingerprint density at radius 3 is 1.69 bits per heavy atom. The van der Waals surface area contributed by atoms with Gasteiger partial charge in [0, 0.05) is 21.2 Å². The third kappa shape index (κ3) is 3.59. The summed E-state index contributed by atoms with van der Waals surface area (Å²) < 4.78 is 2.61. The third-order valence-corrected chi connectivity index (χ3v) is 12.1. The molecule has 228 valence electrons. The van der Waals surface area contributed by atoms with Crippen molar-refractivity contribution in [2.75, 3.05) is 5.32 Å². The van der Waals surface area contributed by atoms with Crippen LogP contribution in [0.15, 0.2) is 170 Å². The van der Waals surface area contributed by atoms with Crippen molar-refractivity contribution in [2.24, 2.45) is 0 Å². The van der Waals surface area contributed by atoms with Gasteiger partial charge >= 0.3 is 0 Å². The van der Waals surface area contributed by atoms with Crippen LogP contribution in [-0.2, 0) is 5.41 Å². The molecule has 0 atom stereocenters. The summed E-state index contributed by atoms with van der Waals surface area (Å²) in [4.78, 5) is 0. The van der Waals surface area contributed by atoms with Gasteiger partial charge in [-0.25, -0.2) is 0 Å². The van der Waals surface area contributed by atoms with Crippen molar-refractivity contribution in [1.29, 1.82) is 0 Å². The Bertz CT molecular complexity index is 2740. The number of fused-ring (bicyclic) bond motifs is 15. The molecule has 1 aromatic heterocycles. The highest BCUT2D eigenvalue weighted by atomic mass is 32.1. The molecule has 0 radical (unpaired) electrons. The molecule has 0 saturated heterocycles. The van der Waals surface area contributed by atoms with Gasteiger partial charge in [-0.2, -0.15) is 0 Å². The maximum atomic E-state index is 3.98. The van der Waals surface area contributed by atoms with Gasteiger partial charge < -0.3 is 5.32 Å². The Balaban J connectivity index is 1.15. The van der Waals surface area contributed by atoms with Crippen LogP contribution in [-0.4, -0.2) is 0 Å². The highest BCUT2D eigenvalue weighted by Crippen LogP contribution is 2.63. The second-order valence-electron chi connectivity index (χ2n) is 13.3. The topological polar surface area (TPSA) is 12.0 Å². The molecule has 8 aromatic carbocycles. The molecular formula is C47H29NS. The van der Waals surface area contributed by atoms with E-state index in [-0.39, 0.29) is 5.41 Å². The monoisotopic (exact) mass is 639 g/mol. The Morgan fingerprint density at radius 2 is 0.980 bits per heavy atom. The first-order valence-electron chi connectivity index (χ1n) is 16.9. The molecule has 2 aliphatic rings. The lowest BCUT2D eigenvalue weighted by Crippen LogP contribution is -2.25. The normalized spacial score (nSPS) is 13.5. The van der Waals surface area contributed by atoms with E-state index in [0.717, 1.165) is 11.4 Å². The minimum Gasteiger partial charge on any atom is -0.354 e. The van der Waals surface area contributed by atoms with Gasteiger partial charge in [0.25, 0.3) is 0 Å². The first kappa shape index (κ1) is 27.0. The SMILES string of the molecule is c1ccc(-c2cccc3c2sc2c(Nc4ccc5c(c4)C4(c6ccccc6-c6ccccc64)c4ccccc4-5)cc4ccccc4c23)cc1. The fourth-order valence-corrected chi connectivity index (χ4v) is 10.2. The Hall–Kier alpha value is -5.96. The molecule has 0 amide bonds. The van der Waals surface area contributed by atoms with Gasteiger partial charge in [0.15, 0.2) is 0 Å². The molecule has 49 heavy (non-hydrogen) atoms. The number of hydrogen-bond acceptors (Lipinski definition) is 2. The van der Waals surface area contributed by atoms with E-state index in [1.54, 1.807) is 0 Å². The average molecular weight is 640 g/mol. The summed E-state index contributed by atoms with van der Waals surface area (Å²) in [5, 5.41) is 9.15. The van der Waals surface area contributed by atoms with Crippen LogP contribution in [0, 0.1) is 0 Å². The lowest BCUT2D eigenvalue weighted by atomic mass is 9.70. The van der Waals surface area contributed by atoms with Gasteiger partial charge in [-0.1, -0.05) is 152 Å². The van der Waals surface area contributed by atoms with Gasteiger partial charge in [0.1, 0.15) is 0 Å². The number of thiophene rings is 1. The summed E-state index contributed by atoms with van der Waals surface area (Å²) in [5.41, 5.74) is 15.1. The molecule has 0 aliphatic heterocycles. The van der Waals surface area contributed by atoms with Crippen LogP contribution >= 0.6 is 11.3 Å². The van der Waals surface area contributed by atoms with Crippen LogP contribution in [0.5, 0.6) is 0 Å². The molecule has 2 aliphatic carbocycles. The standard InChI is InChI=1S/C47H29NS/c1-2-13-29(14-3-1)33-20-12-21-38-44-32-16-5-4-15-30(32)27-43(46(44)49-45(33)38)48-31-25-26-37-36-19-8-11-24-41(36)47(42(37)28-31)39-22-9-6-17-34(39)35-18-7-10-23-40(35)47/h1-28,48H.